The van der Waals surface area contributed by atoms with Crippen molar-refractivity contribution in [3.63, 3.8) is 0 Å². The van der Waals surface area contributed by atoms with Crippen LogP contribution in [-0.4, -0.2) is 16.3 Å². The van der Waals surface area contributed by atoms with Crippen molar-refractivity contribution in [1.29, 1.82) is 0 Å². The number of fused-ring (bicyclic) bond motifs is 1. The lowest BCUT2D eigenvalue weighted by molar-refractivity contribution is 0.120. The van der Waals surface area contributed by atoms with Crippen LogP contribution in [0.4, 0.5) is 0 Å². The van der Waals surface area contributed by atoms with E-state index in [-0.39, 0.29) is 12.0 Å². The fraction of sp³-hybridized carbons (Fsp3) is 0.467. The van der Waals surface area contributed by atoms with E-state index in [1.165, 1.54) is 28.6 Å². The number of benzene rings is 1. The third-order valence-corrected chi connectivity index (χ3v) is 4.51. The SMILES string of the molecule is Cc1cc2cc(C3(CO)CCC3)ccc2n1C. The van der Waals surface area contributed by atoms with E-state index >= 15 is 0 Å². The molecule has 0 saturated heterocycles. The maximum Gasteiger partial charge on any atom is 0.0527 e. The molecule has 1 aromatic carbocycles. The highest BCUT2D eigenvalue weighted by atomic mass is 16.3. The number of aliphatic hydroxyl groups is 1. The van der Waals surface area contributed by atoms with E-state index in [1.54, 1.807) is 0 Å². The highest BCUT2D eigenvalue weighted by Crippen LogP contribution is 2.44. The Morgan fingerprint density at radius 1 is 1.29 bits per heavy atom. The summed E-state index contributed by atoms with van der Waals surface area (Å²) < 4.78 is 2.21. The first kappa shape index (κ1) is 10.8. The lowest BCUT2D eigenvalue weighted by atomic mass is 9.65. The Morgan fingerprint density at radius 3 is 2.65 bits per heavy atom. The summed E-state index contributed by atoms with van der Waals surface area (Å²) in [6.07, 6.45) is 3.49. The zero-order chi connectivity index (χ0) is 12.0. The van der Waals surface area contributed by atoms with Gasteiger partial charge in [0.05, 0.1) is 6.61 Å². The van der Waals surface area contributed by atoms with E-state index in [0.717, 1.165) is 12.8 Å². The molecule has 0 atom stereocenters. The van der Waals surface area contributed by atoms with Crippen molar-refractivity contribution in [2.24, 2.45) is 7.05 Å². The van der Waals surface area contributed by atoms with Crippen LogP contribution < -0.4 is 0 Å². The molecule has 90 valence electrons. The van der Waals surface area contributed by atoms with Crippen molar-refractivity contribution in [2.45, 2.75) is 31.6 Å². The Bertz CT molecular complexity index is 558. The molecule has 1 aromatic heterocycles. The molecule has 1 aliphatic rings. The lowest BCUT2D eigenvalue weighted by Crippen LogP contribution is -2.37. The average molecular weight is 229 g/mol. The number of rotatable bonds is 2. The Morgan fingerprint density at radius 2 is 2.06 bits per heavy atom. The summed E-state index contributed by atoms with van der Waals surface area (Å²) in [4.78, 5) is 0. The molecule has 0 spiro atoms. The second-order valence-corrected chi connectivity index (χ2v) is 5.41. The van der Waals surface area contributed by atoms with Gasteiger partial charge in [0.15, 0.2) is 0 Å². The highest BCUT2D eigenvalue weighted by molar-refractivity contribution is 5.82. The van der Waals surface area contributed by atoms with Gasteiger partial charge in [0.2, 0.25) is 0 Å². The molecule has 0 bridgehead atoms. The maximum atomic E-state index is 9.62. The molecule has 0 radical (unpaired) electrons. The monoisotopic (exact) mass is 229 g/mol. The van der Waals surface area contributed by atoms with Gasteiger partial charge in [-0.2, -0.15) is 0 Å². The van der Waals surface area contributed by atoms with Crippen molar-refractivity contribution < 1.29 is 5.11 Å². The lowest BCUT2D eigenvalue weighted by Gasteiger charge is -2.40. The minimum Gasteiger partial charge on any atom is -0.395 e. The number of aliphatic hydroxyl groups excluding tert-OH is 1. The topological polar surface area (TPSA) is 25.2 Å². The van der Waals surface area contributed by atoms with Crippen LogP contribution in [0.5, 0.6) is 0 Å². The van der Waals surface area contributed by atoms with Gasteiger partial charge in [0.25, 0.3) is 0 Å². The summed E-state index contributed by atoms with van der Waals surface area (Å²) in [6, 6.07) is 8.87. The molecular formula is C15H19NO. The largest absolute Gasteiger partial charge is 0.395 e. The molecule has 1 aliphatic carbocycles. The maximum absolute atomic E-state index is 9.62. The molecule has 1 heterocycles. The molecule has 17 heavy (non-hydrogen) atoms. The van der Waals surface area contributed by atoms with Crippen LogP contribution in [0.3, 0.4) is 0 Å². The average Bonchev–Trinajstić information content (AvgIpc) is 2.54. The Hall–Kier alpha value is -1.28. The molecule has 2 aromatic rings. The van der Waals surface area contributed by atoms with E-state index in [2.05, 4.69) is 42.8 Å². The van der Waals surface area contributed by atoms with E-state index < -0.39 is 0 Å². The summed E-state index contributed by atoms with van der Waals surface area (Å²) in [6.45, 7) is 2.41. The fourth-order valence-corrected chi connectivity index (χ4v) is 2.96. The van der Waals surface area contributed by atoms with Gasteiger partial charge in [0, 0.05) is 29.1 Å². The van der Waals surface area contributed by atoms with Crippen molar-refractivity contribution >= 4 is 10.9 Å². The molecule has 2 heteroatoms. The van der Waals surface area contributed by atoms with Crippen LogP contribution in [-0.2, 0) is 12.5 Å². The molecule has 0 amide bonds. The first-order valence-corrected chi connectivity index (χ1v) is 6.34. The molecule has 3 rings (SSSR count). The number of aryl methyl sites for hydroxylation is 2. The van der Waals surface area contributed by atoms with Gasteiger partial charge >= 0.3 is 0 Å². The summed E-state index contributed by atoms with van der Waals surface area (Å²) in [5.41, 5.74) is 3.92. The van der Waals surface area contributed by atoms with Crippen molar-refractivity contribution in [3.05, 3.63) is 35.5 Å². The first-order valence-electron chi connectivity index (χ1n) is 6.34. The smallest absolute Gasteiger partial charge is 0.0527 e. The highest BCUT2D eigenvalue weighted by Gasteiger charge is 2.38. The number of hydrogen-bond donors (Lipinski definition) is 1. The van der Waals surface area contributed by atoms with Crippen molar-refractivity contribution in [1.82, 2.24) is 4.57 Å². The first-order chi connectivity index (χ1) is 8.16. The Kier molecular flexibility index (Phi) is 2.30. The molecule has 1 N–H and O–H groups in total. The fourth-order valence-electron chi connectivity index (χ4n) is 2.96. The zero-order valence-electron chi connectivity index (χ0n) is 10.5. The minimum atomic E-state index is 0.0535. The van der Waals surface area contributed by atoms with Crippen LogP contribution >= 0.6 is 0 Å². The standard InChI is InChI=1S/C15H19NO/c1-11-8-12-9-13(4-5-14(12)16(11)2)15(10-17)6-3-7-15/h4-5,8-9,17H,3,6-7,10H2,1-2H3. The van der Waals surface area contributed by atoms with Gasteiger partial charge in [0.1, 0.15) is 0 Å². The van der Waals surface area contributed by atoms with Gasteiger partial charge in [-0.05, 0) is 43.5 Å². The summed E-state index contributed by atoms with van der Waals surface area (Å²) in [5.74, 6) is 0. The minimum absolute atomic E-state index is 0.0535. The van der Waals surface area contributed by atoms with Crippen LogP contribution in [0.1, 0.15) is 30.5 Å². The van der Waals surface area contributed by atoms with Gasteiger partial charge < -0.3 is 9.67 Å². The van der Waals surface area contributed by atoms with Gasteiger partial charge in [-0.15, -0.1) is 0 Å². The van der Waals surface area contributed by atoms with Crippen LogP contribution in [0.2, 0.25) is 0 Å². The summed E-state index contributed by atoms with van der Waals surface area (Å²) in [7, 11) is 2.10. The number of hydrogen-bond acceptors (Lipinski definition) is 1. The molecule has 0 aliphatic heterocycles. The van der Waals surface area contributed by atoms with Gasteiger partial charge in [-0.25, -0.2) is 0 Å². The number of nitrogens with zero attached hydrogens (tertiary/aromatic N) is 1. The van der Waals surface area contributed by atoms with E-state index in [9.17, 15) is 5.11 Å². The Labute approximate surface area is 102 Å². The van der Waals surface area contributed by atoms with E-state index in [1.807, 2.05) is 0 Å². The third-order valence-electron chi connectivity index (χ3n) is 4.51. The second-order valence-electron chi connectivity index (χ2n) is 5.41. The molecule has 1 saturated carbocycles. The summed E-state index contributed by atoms with van der Waals surface area (Å²) in [5, 5.41) is 10.9. The van der Waals surface area contributed by atoms with Crippen LogP contribution in [0.15, 0.2) is 24.3 Å². The predicted octanol–water partition coefficient (Wildman–Crippen LogP) is 2.90. The van der Waals surface area contributed by atoms with Crippen molar-refractivity contribution in [2.75, 3.05) is 6.61 Å². The van der Waals surface area contributed by atoms with Gasteiger partial charge in [-0.3, -0.25) is 0 Å². The molecule has 0 unspecified atom stereocenters. The van der Waals surface area contributed by atoms with Crippen LogP contribution in [0, 0.1) is 6.92 Å². The third kappa shape index (κ3) is 1.44. The van der Waals surface area contributed by atoms with Crippen LogP contribution in [0.25, 0.3) is 10.9 Å². The quantitative estimate of drug-likeness (QED) is 0.841. The Balaban J connectivity index is 2.13. The number of aromatic nitrogens is 1. The zero-order valence-corrected chi connectivity index (χ0v) is 10.5. The van der Waals surface area contributed by atoms with E-state index in [4.69, 9.17) is 0 Å². The normalized spacial score (nSPS) is 18.3. The molecule has 2 nitrogen and oxygen atoms in total. The molecular weight excluding hydrogens is 210 g/mol. The van der Waals surface area contributed by atoms with E-state index in [0.29, 0.717) is 0 Å². The molecule has 1 fully saturated rings. The second kappa shape index (κ2) is 3.61. The predicted molar refractivity (Wildman–Crippen MR) is 70.3 cm³/mol. The summed E-state index contributed by atoms with van der Waals surface area (Å²) >= 11 is 0. The van der Waals surface area contributed by atoms with Crippen molar-refractivity contribution in [3.8, 4) is 0 Å². The van der Waals surface area contributed by atoms with Gasteiger partial charge in [-0.1, -0.05) is 12.5 Å².